The van der Waals surface area contributed by atoms with Crippen LogP contribution in [0.1, 0.15) is 47.0 Å². The van der Waals surface area contributed by atoms with Gasteiger partial charge >= 0.3 is 0 Å². The molecule has 2 rings (SSSR count). The lowest BCUT2D eigenvalue weighted by atomic mass is 10.0. The van der Waals surface area contributed by atoms with Crippen LogP contribution in [0.4, 0.5) is 0 Å². The molecule has 90 valence electrons. The molecule has 1 aliphatic carbocycles. The molecule has 1 aliphatic heterocycles. The molecule has 1 fully saturated rings. The van der Waals surface area contributed by atoms with Crippen molar-refractivity contribution in [3.8, 4) is 0 Å². The summed E-state index contributed by atoms with van der Waals surface area (Å²) < 4.78 is 0. The Kier molecular flexibility index (Phi) is 3.90. The average Bonchev–Trinajstić information content (AvgIpc) is 2.85. The average molecular weight is 236 g/mol. The molecule has 1 heteroatoms. The van der Waals surface area contributed by atoms with Crippen LogP contribution < -0.4 is 0 Å². The van der Waals surface area contributed by atoms with E-state index >= 15 is 0 Å². The lowest BCUT2D eigenvalue weighted by Gasteiger charge is -2.31. The SMILES string of the molecule is CC(C)C1CCC(C(C)C)P1C1=CCC=C1. The van der Waals surface area contributed by atoms with Crippen molar-refractivity contribution in [3.63, 3.8) is 0 Å². The highest BCUT2D eigenvalue weighted by atomic mass is 31.1. The third-order valence-corrected chi connectivity index (χ3v) is 8.13. The molecule has 0 aromatic carbocycles. The van der Waals surface area contributed by atoms with Gasteiger partial charge in [0.1, 0.15) is 0 Å². The Morgan fingerprint density at radius 3 is 2.00 bits per heavy atom. The van der Waals surface area contributed by atoms with E-state index in [1.54, 1.807) is 5.31 Å². The van der Waals surface area contributed by atoms with Gasteiger partial charge in [-0.1, -0.05) is 53.8 Å². The number of allylic oxidation sites excluding steroid dienone is 4. The van der Waals surface area contributed by atoms with Crippen molar-refractivity contribution in [1.29, 1.82) is 0 Å². The maximum Gasteiger partial charge on any atom is -0.0143 e. The first-order valence-corrected chi connectivity index (χ1v) is 8.24. The van der Waals surface area contributed by atoms with Gasteiger partial charge in [0.25, 0.3) is 0 Å². The summed E-state index contributed by atoms with van der Waals surface area (Å²) in [4.78, 5) is 0. The molecule has 2 atom stereocenters. The Labute approximate surface area is 102 Å². The van der Waals surface area contributed by atoms with Gasteiger partial charge in [0.15, 0.2) is 0 Å². The summed E-state index contributed by atoms with van der Waals surface area (Å²) in [6, 6.07) is 0. The molecule has 1 heterocycles. The van der Waals surface area contributed by atoms with Crippen molar-refractivity contribution in [2.45, 2.75) is 58.3 Å². The summed E-state index contributed by atoms with van der Waals surface area (Å²) in [5.41, 5.74) is 1.97. The van der Waals surface area contributed by atoms with Gasteiger partial charge in [-0.15, -0.1) is 0 Å². The first-order chi connectivity index (χ1) is 7.61. The van der Waals surface area contributed by atoms with E-state index in [1.807, 2.05) is 0 Å². The summed E-state index contributed by atoms with van der Waals surface area (Å²) in [6.45, 7) is 9.67. The van der Waals surface area contributed by atoms with E-state index in [2.05, 4.69) is 45.9 Å². The summed E-state index contributed by atoms with van der Waals surface area (Å²) >= 11 is 0. The molecule has 0 bridgehead atoms. The zero-order valence-corrected chi connectivity index (χ0v) is 12.0. The van der Waals surface area contributed by atoms with E-state index in [0.29, 0.717) is 0 Å². The third-order valence-electron chi connectivity index (χ3n) is 4.06. The molecule has 0 aromatic rings. The topological polar surface area (TPSA) is 0 Å². The molecule has 2 aliphatic rings. The van der Waals surface area contributed by atoms with Crippen LogP contribution in [0.3, 0.4) is 0 Å². The minimum absolute atomic E-state index is 0.122. The van der Waals surface area contributed by atoms with Crippen LogP contribution in [-0.2, 0) is 0 Å². The minimum atomic E-state index is 0.122. The highest BCUT2D eigenvalue weighted by Gasteiger charge is 2.39. The van der Waals surface area contributed by atoms with Gasteiger partial charge in [-0.3, -0.25) is 0 Å². The van der Waals surface area contributed by atoms with Crippen molar-refractivity contribution in [3.05, 3.63) is 23.5 Å². The summed E-state index contributed by atoms with van der Waals surface area (Å²) in [5, 5.41) is 1.71. The Bertz CT molecular complexity index is 283. The molecule has 1 saturated heterocycles. The van der Waals surface area contributed by atoms with E-state index in [1.165, 1.54) is 19.3 Å². The molecule has 0 amide bonds. The van der Waals surface area contributed by atoms with Crippen LogP contribution in [0, 0.1) is 11.8 Å². The first-order valence-electron chi connectivity index (χ1n) is 6.76. The quantitative estimate of drug-likeness (QED) is 0.594. The van der Waals surface area contributed by atoms with E-state index in [4.69, 9.17) is 0 Å². The number of hydrogen-bond acceptors (Lipinski definition) is 0. The smallest absolute Gasteiger partial charge is 0.0143 e. The van der Waals surface area contributed by atoms with Gasteiger partial charge in [-0.25, -0.2) is 0 Å². The van der Waals surface area contributed by atoms with E-state index in [-0.39, 0.29) is 7.92 Å². The van der Waals surface area contributed by atoms with Gasteiger partial charge in [-0.2, -0.15) is 0 Å². The maximum atomic E-state index is 2.49. The standard InChI is InChI=1S/C15H25P/c1-11(2)14-9-10-15(12(3)4)16(14)13-7-5-6-8-13/h5,7-8,11-12,14-15H,6,9-10H2,1-4H3. The van der Waals surface area contributed by atoms with E-state index in [9.17, 15) is 0 Å². The molecule has 0 N–H and O–H groups in total. The van der Waals surface area contributed by atoms with E-state index < -0.39 is 0 Å². The third kappa shape index (κ3) is 2.28. The summed E-state index contributed by atoms with van der Waals surface area (Å²) in [7, 11) is 0.122. The van der Waals surface area contributed by atoms with Crippen molar-refractivity contribution in [2.24, 2.45) is 11.8 Å². The monoisotopic (exact) mass is 236 g/mol. The molecule has 0 spiro atoms. The van der Waals surface area contributed by atoms with Gasteiger partial charge in [-0.05, 0) is 47.7 Å². The van der Waals surface area contributed by atoms with Gasteiger partial charge in [0.05, 0.1) is 0 Å². The molecule has 16 heavy (non-hydrogen) atoms. The van der Waals surface area contributed by atoms with Crippen LogP contribution in [0.25, 0.3) is 0 Å². The van der Waals surface area contributed by atoms with Gasteiger partial charge in [0.2, 0.25) is 0 Å². The molecular weight excluding hydrogens is 211 g/mol. The fourth-order valence-corrected chi connectivity index (χ4v) is 7.19. The Hall–Kier alpha value is -0.0900. The van der Waals surface area contributed by atoms with Crippen molar-refractivity contribution in [1.82, 2.24) is 0 Å². The van der Waals surface area contributed by atoms with Crippen molar-refractivity contribution >= 4 is 7.92 Å². The first kappa shape index (κ1) is 12.4. The van der Waals surface area contributed by atoms with Gasteiger partial charge in [0, 0.05) is 0 Å². The van der Waals surface area contributed by atoms with Crippen LogP contribution in [0.15, 0.2) is 23.5 Å². The molecule has 0 aromatic heterocycles. The Balaban J connectivity index is 2.21. The Morgan fingerprint density at radius 1 is 1.06 bits per heavy atom. The second-order valence-corrected chi connectivity index (χ2v) is 8.53. The number of hydrogen-bond donors (Lipinski definition) is 0. The second-order valence-electron chi connectivity index (χ2n) is 5.87. The zero-order valence-electron chi connectivity index (χ0n) is 11.1. The molecule has 0 saturated carbocycles. The van der Waals surface area contributed by atoms with Crippen LogP contribution in [0.2, 0.25) is 0 Å². The molecular formula is C15H25P. The lowest BCUT2D eigenvalue weighted by Crippen LogP contribution is -2.14. The normalized spacial score (nSPS) is 34.1. The maximum absolute atomic E-state index is 2.49. The fourth-order valence-electron chi connectivity index (χ4n) is 3.19. The largest absolute Gasteiger partial charge is 0.0801 e. The highest BCUT2D eigenvalue weighted by molar-refractivity contribution is 7.64. The van der Waals surface area contributed by atoms with Crippen molar-refractivity contribution in [2.75, 3.05) is 0 Å². The number of rotatable bonds is 3. The van der Waals surface area contributed by atoms with Crippen LogP contribution in [-0.4, -0.2) is 11.3 Å². The predicted octanol–water partition coefficient (Wildman–Crippen LogP) is 5.16. The predicted molar refractivity (Wildman–Crippen MR) is 75.2 cm³/mol. The minimum Gasteiger partial charge on any atom is -0.0801 e. The highest BCUT2D eigenvalue weighted by Crippen LogP contribution is 2.65. The summed E-state index contributed by atoms with van der Waals surface area (Å²) in [5.74, 6) is 1.73. The van der Waals surface area contributed by atoms with E-state index in [0.717, 1.165) is 23.2 Å². The zero-order chi connectivity index (χ0) is 11.7. The van der Waals surface area contributed by atoms with Crippen LogP contribution in [0.5, 0.6) is 0 Å². The van der Waals surface area contributed by atoms with Gasteiger partial charge < -0.3 is 0 Å². The molecule has 2 unspecified atom stereocenters. The van der Waals surface area contributed by atoms with Crippen molar-refractivity contribution < 1.29 is 0 Å². The lowest BCUT2D eigenvalue weighted by molar-refractivity contribution is 0.543. The second kappa shape index (κ2) is 5.05. The van der Waals surface area contributed by atoms with Crippen LogP contribution >= 0.6 is 7.92 Å². The Morgan fingerprint density at radius 2 is 1.62 bits per heavy atom. The molecule has 0 nitrogen and oxygen atoms in total. The molecule has 0 radical (unpaired) electrons. The fraction of sp³-hybridized carbons (Fsp3) is 0.733. The summed E-state index contributed by atoms with van der Waals surface area (Å²) in [6.07, 6.45) is 11.4.